The fraction of sp³-hybridized carbons (Fsp3) is 0.375. The Balaban J connectivity index is 1.65. The number of benzene rings is 1. The van der Waals surface area contributed by atoms with Gasteiger partial charge in [-0.15, -0.1) is 11.3 Å². The molecule has 0 N–H and O–H groups in total. The quantitative estimate of drug-likeness (QED) is 0.872. The van der Waals surface area contributed by atoms with Gasteiger partial charge in [0.15, 0.2) is 0 Å². The molecule has 2 aromatic rings. The molecule has 5 nitrogen and oxygen atoms in total. The Morgan fingerprint density at radius 1 is 1.27 bits per heavy atom. The third-order valence-electron chi connectivity index (χ3n) is 3.93. The summed E-state index contributed by atoms with van der Waals surface area (Å²) in [5, 5.41) is 0. The Bertz CT molecular complexity index is 663. The fourth-order valence-electron chi connectivity index (χ4n) is 2.63. The molecule has 1 saturated heterocycles. The highest BCUT2D eigenvalue weighted by molar-refractivity contribution is 7.11. The average Bonchev–Trinajstić information content (AvgIpc) is 3.00. The highest BCUT2D eigenvalue weighted by Crippen LogP contribution is 2.23. The summed E-state index contributed by atoms with van der Waals surface area (Å²) in [4.78, 5) is 21.6. The van der Waals surface area contributed by atoms with E-state index in [-0.39, 0.29) is 5.91 Å². The first-order valence-corrected chi connectivity index (χ1v) is 8.15. The molecule has 1 aromatic carbocycles. The van der Waals surface area contributed by atoms with Gasteiger partial charge in [-0.05, 0) is 19.1 Å². The molecule has 116 valence electrons. The smallest absolute Gasteiger partial charge is 0.265 e. The largest absolute Gasteiger partial charge is 0.497 e. The van der Waals surface area contributed by atoms with E-state index in [1.807, 2.05) is 30.0 Å². The molecule has 6 heteroatoms. The topological polar surface area (TPSA) is 45.7 Å². The van der Waals surface area contributed by atoms with E-state index >= 15 is 0 Å². The van der Waals surface area contributed by atoms with Crippen LogP contribution in [0.5, 0.6) is 5.75 Å². The second-order valence-electron chi connectivity index (χ2n) is 5.25. The molecule has 1 amide bonds. The number of rotatable bonds is 3. The molecule has 0 spiro atoms. The molecule has 0 radical (unpaired) electrons. The van der Waals surface area contributed by atoms with Crippen molar-refractivity contribution in [3.8, 4) is 5.75 Å². The SMILES string of the molecule is COc1cccc(N2CCN(C(=O)c3scnc3C)CC2)c1. The van der Waals surface area contributed by atoms with E-state index in [0.717, 1.165) is 48.2 Å². The minimum Gasteiger partial charge on any atom is -0.497 e. The van der Waals surface area contributed by atoms with Crippen LogP contribution in [0, 0.1) is 6.92 Å². The van der Waals surface area contributed by atoms with E-state index < -0.39 is 0 Å². The first-order valence-electron chi connectivity index (χ1n) is 7.27. The lowest BCUT2D eigenvalue weighted by Crippen LogP contribution is -2.48. The number of thiazole rings is 1. The predicted octanol–water partition coefficient (Wildman–Crippen LogP) is 2.42. The number of anilines is 1. The number of carbonyl (C=O) groups is 1. The van der Waals surface area contributed by atoms with Gasteiger partial charge >= 0.3 is 0 Å². The monoisotopic (exact) mass is 317 g/mol. The lowest BCUT2D eigenvalue weighted by atomic mass is 10.2. The van der Waals surface area contributed by atoms with Crippen molar-refractivity contribution in [1.29, 1.82) is 0 Å². The van der Waals surface area contributed by atoms with Crippen molar-refractivity contribution in [3.63, 3.8) is 0 Å². The van der Waals surface area contributed by atoms with Gasteiger partial charge in [0.1, 0.15) is 10.6 Å². The first-order chi connectivity index (χ1) is 10.7. The van der Waals surface area contributed by atoms with E-state index in [1.54, 1.807) is 12.6 Å². The zero-order valence-corrected chi connectivity index (χ0v) is 13.6. The molecule has 22 heavy (non-hydrogen) atoms. The molecule has 0 bridgehead atoms. The Morgan fingerprint density at radius 2 is 2.05 bits per heavy atom. The van der Waals surface area contributed by atoms with Crippen LogP contribution in [0.25, 0.3) is 0 Å². The number of hydrogen-bond donors (Lipinski definition) is 0. The summed E-state index contributed by atoms with van der Waals surface area (Å²) in [6.45, 7) is 5.00. The van der Waals surface area contributed by atoms with E-state index in [4.69, 9.17) is 4.74 Å². The Hall–Kier alpha value is -2.08. The molecular weight excluding hydrogens is 298 g/mol. The average molecular weight is 317 g/mol. The lowest BCUT2D eigenvalue weighted by molar-refractivity contribution is 0.0750. The summed E-state index contributed by atoms with van der Waals surface area (Å²) in [6, 6.07) is 8.04. The third kappa shape index (κ3) is 2.92. The Kier molecular flexibility index (Phi) is 4.29. The van der Waals surface area contributed by atoms with Gasteiger partial charge in [0.05, 0.1) is 18.3 Å². The number of piperazine rings is 1. The van der Waals surface area contributed by atoms with Crippen molar-refractivity contribution in [2.24, 2.45) is 0 Å². The van der Waals surface area contributed by atoms with Gasteiger partial charge in [0, 0.05) is 37.9 Å². The van der Waals surface area contributed by atoms with Crippen molar-refractivity contribution in [1.82, 2.24) is 9.88 Å². The molecule has 0 aliphatic carbocycles. The standard InChI is InChI=1S/C16H19N3O2S/c1-12-15(22-11-17-12)16(20)19-8-6-18(7-9-19)13-4-3-5-14(10-13)21-2/h3-5,10-11H,6-9H2,1-2H3. The second-order valence-corrected chi connectivity index (χ2v) is 6.10. The van der Waals surface area contributed by atoms with Crippen LogP contribution in [0.2, 0.25) is 0 Å². The molecule has 1 aromatic heterocycles. The fourth-order valence-corrected chi connectivity index (χ4v) is 3.40. The van der Waals surface area contributed by atoms with Crippen molar-refractivity contribution in [2.75, 3.05) is 38.2 Å². The van der Waals surface area contributed by atoms with Crippen LogP contribution in [0.4, 0.5) is 5.69 Å². The summed E-state index contributed by atoms with van der Waals surface area (Å²) in [6.07, 6.45) is 0. The highest BCUT2D eigenvalue weighted by Gasteiger charge is 2.24. The van der Waals surface area contributed by atoms with E-state index in [1.165, 1.54) is 11.3 Å². The van der Waals surface area contributed by atoms with Crippen LogP contribution in [-0.4, -0.2) is 49.1 Å². The van der Waals surface area contributed by atoms with Gasteiger partial charge in [0.2, 0.25) is 0 Å². The van der Waals surface area contributed by atoms with Gasteiger partial charge in [-0.3, -0.25) is 4.79 Å². The van der Waals surface area contributed by atoms with Gasteiger partial charge < -0.3 is 14.5 Å². The molecule has 0 atom stereocenters. The molecule has 0 unspecified atom stereocenters. The van der Waals surface area contributed by atoms with Crippen LogP contribution in [0.15, 0.2) is 29.8 Å². The van der Waals surface area contributed by atoms with Gasteiger partial charge in [-0.1, -0.05) is 6.07 Å². The van der Waals surface area contributed by atoms with E-state index in [0.29, 0.717) is 0 Å². The second kappa shape index (κ2) is 6.36. The minimum absolute atomic E-state index is 0.102. The van der Waals surface area contributed by atoms with Gasteiger partial charge in [-0.2, -0.15) is 0 Å². The number of amides is 1. The van der Waals surface area contributed by atoms with Crippen molar-refractivity contribution in [3.05, 3.63) is 40.3 Å². The van der Waals surface area contributed by atoms with Crippen molar-refractivity contribution >= 4 is 22.9 Å². The van der Waals surface area contributed by atoms with Crippen molar-refractivity contribution in [2.45, 2.75) is 6.92 Å². The van der Waals surface area contributed by atoms with Gasteiger partial charge in [-0.25, -0.2) is 4.98 Å². The predicted molar refractivity (Wildman–Crippen MR) is 88.0 cm³/mol. The zero-order chi connectivity index (χ0) is 15.5. The lowest BCUT2D eigenvalue weighted by Gasteiger charge is -2.36. The maximum atomic E-state index is 12.5. The highest BCUT2D eigenvalue weighted by atomic mass is 32.1. The zero-order valence-electron chi connectivity index (χ0n) is 12.8. The van der Waals surface area contributed by atoms with Crippen LogP contribution in [-0.2, 0) is 0 Å². The van der Waals surface area contributed by atoms with E-state index in [9.17, 15) is 4.79 Å². The number of nitrogens with zero attached hydrogens (tertiary/aromatic N) is 3. The molecule has 2 heterocycles. The molecule has 0 saturated carbocycles. The summed E-state index contributed by atoms with van der Waals surface area (Å²) in [5.41, 5.74) is 3.69. The number of aromatic nitrogens is 1. The number of ether oxygens (including phenoxy) is 1. The number of methoxy groups -OCH3 is 1. The number of carbonyl (C=O) groups excluding carboxylic acids is 1. The Labute approximate surface area is 134 Å². The number of aryl methyl sites for hydroxylation is 1. The Morgan fingerprint density at radius 3 is 2.68 bits per heavy atom. The molecule has 3 rings (SSSR count). The summed E-state index contributed by atoms with van der Waals surface area (Å²) >= 11 is 1.42. The van der Waals surface area contributed by atoms with Crippen LogP contribution in [0.3, 0.4) is 0 Å². The summed E-state index contributed by atoms with van der Waals surface area (Å²) in [5.74, 6) is 0.960. The van der Waals surface area contributed by atoms with Crippen LogP contribution >= 0.6 is 11.3 Å². The van der Waals surface area contributed by atoms with Gasteiger partial charge in [0.25, 0.3) is 5.91 Å². The first kappa shape index (κ1) is 14.8. The third-order valence-corrected chi connectivity index (χ3v) is 4.84. The van der Waals surface area contributed by atoms with Crippen molar-refractivity contribution < 1.29 is 9.53 Å². The van der Waals surface area contributed by atoms with E-state index in [2.05, 4.69) is 16.0 Å². The maximum Gasteiger partial charge on any atom is 0.265 e. The minimum atomic E-state index is 0.102. The number of hydrogen-bond acceptors (Lipinski definition) is 5. The van der Waals surface area contributed by atoms with Crippen LogP contribution < -0.4 is 9.64 Å². The van der Waals surface area contributed by atoms with Crippen LogP contribution in [0.1, 0.15) is 15.4 Å². The summed E-state index contributed by atoms with van der Waals surface area (Å²) in [7, 11) is 1.67. The molecule has 1 aliphatic heterocycles. The molecular formula is C16H19N3O2S. The maximum absolute atomic E-state index is 12.5. The summed E-state index contributed by atoms with van der Waals surface area (Å²) < 4.78 is 5.27. The molecule has 1 aliphatic rings. The normalized spacial score (nSPS) is 15.0. The molecule has 1 fully saturated rings.